The van der Waals surface area contributed by atoms with Crippen molar-refractivity contribution in [2.45, 2.75) is 38.3 Å². The molecule has 4 rings (SSSR count). The molecular weight excluding hydrogens is 462 g/mol. The molecule has 0 saturated carbocycles. The lowest BCUT2D eigenvalue weighted by molar-refractivity contribution is 0.0439. The summed E-state index contributed by atoms with van der Waals surface area (Å²) in [6, 6.07) is 9.76. The summed E-state index contributed by atoms with van der Waals surface area (Å²) in [6.07, 6.45) is -1.63. The van der Waals surface area contributed by atoms with E-state index in [4.69, 9.17) is 9.47 Å². The summed E-state index contributed by atoms with van der Waals surface area (Å²) in [4.78, 5) is 5.00. The molecule has 1 aliphatic rings. The zero-order valence-electron chi connectivity index (χ0n) is 19.9. The van der Waals surface area contributed by atoms with E-state index in [1.807, 2.05) is 31.2 Å². The number of ether oxygens (including phenoxy) is 2. The van der Waals surface area contributed by atoms with E-state index in [0.29, 0.717) is 31.6 Å². The number of rotatable bonds is 11. The lowest BCUT2D eigenvalue weighted by Crippen LogP contribution is -2.45. The first-order chi connectivity index (χ1) is 17.0. The molecule has 1 aromatic heterocycles. The van der Waals surface area contributed by atoms with Gasteiger partial charge in [-0.2, -0.15) is 0 Å². The van der Waals surface area contributed by atoms with E-state index in [0.717, 1.165) is 16.5 Å². The maximum atomic E-state index is 16.0. The van der Waals surface area contributed by atoms with Gasteiger partial charge in [-0.25, -0.2) is 13.2 Å². The van der Waals surface area contributed by atoms with Crippen LogP contribution in [0.15, 0.2) is 36.4 Å². The van der Waals surface area contributed by atoms with Crippen molar-refractivity contribution < 1.29 is 27.0 Å². The highest BCUT2D eigenvalue weighted by molar-refractivity contribution is 5.85. The highest BCUT2D eigenvalue weighted by atomic mass is 19.3. The molecule has 0 bridgehead atoms. The molecule has 2 heterocycles. The summed E-state index contributed by atoms with van der Waals surface area (Å²) in [5.41, 5.74) is 2.72. The first-order valence-corrected chi connectivity index (χ1v) is 11.9. The topological polar surface area (TPSA) is 49.5 Å². The standard InChI is InChI=1S/C26H31F4N3O2/c1-16-14-18-17-6-3-4-7-19(17)32-25(18)26(33(16)15-22(28)29)23-20(34-2)8-9-21(24(23)30)35-13-12-31-11-5-10-27/h3-4,6-9,16,22,26,31-32H,5,10-15H2,1-2H3/t16-,26-/m1/s1. The molecule has 35 heavy (non-hydrogen) atoms. The highest BCUT2D eigenvalue weighted by Gasteiger charge is 2.40. The van der Waals surface area contributed by atoms with Gasteiger partial charge < -0.3 is 19.8 Å². The molecule has 2 aromatic carbocycles. The minimum Gasteiger partial charge on any atom is -0.496 e. The molecule has 190 valence electrons. The number of H-pyrrole nitrogens is 1. The number of alkyl halides is 3. The lowest BCUT2D eigenvalue weighted by atomic mass is 9.88. The van der Waals surface area contributed by atoms with Crippen LogP contribution in [0.3, 0.4) is 0 Å². The number of hydrogen-bond donors (Lipinski definition) is 2. The van der Waals surface area contributed by atoms with E-state index in [-0.39, 0.29) is 29.7 Å². The molecule has 0 spiro atoms. The van der Waals surface area contributed by atoms with E-state index in [9.17, 15) is 13.2 Å². The molecule has 0 unspecified atom stereocenters. The highest BCUT2D eigenvalue weighted by Crippen LogP contribution is 2.46. The molecule has 0 radical (unpaired) electrons. The van der Waals surface area contributed by atoms with Crippen molar-refractivity contribution in [3.05, 3.63) is 59.0 Å². The van der Waals surface area contributed by atoms with Crippen LogP contribution in [0.1, 0.15) is 36.2 Å². The van der Waals surface area contributed by atoms with E-state index < -0.39 is 31.5 Å². The molecule has 3 aromatic rings. The predicted molar refractivity (Wildman–Crippen MR) is 128 cm³/mol. The first kappa shape index (κ1) is 25.3. The average Bonchev–Trinajstić information content (AvgIpc) is 3.20. The molecule has 2 atom stereocenters. The van der Waals surface area contributed by atoms with E-state index in [1.165, 1.54) is 13.2 Å². The van der Waals surface area contributed by atoms with Crippen molar-refractivity contribution in [3.8, 4) is 11.5 Å². The Morgan fingerprint density at radius 2 is 1.91 bits per heavy atom. The van der Waals surface area contributed by atoms with E-state index >= 15 is 4.39 Å². The number of hydrogen-bond acceptors (Lipinski definition) is 4. The number of halogens is 4. The van der Waals surface area contributed by atoms with Crippen molar-refractivity contribution in [2.75, 3.05) is 40.0 Å². The fourth-order valence-corrected chi connectivity index (χ4v) is 4.91. The molecule has 5 nitrogen and oxygen atoms in total. The Hall–Kier alpha value is -2.78. The SMILES string of the molecule is COc1ccc(OCCNCCCF)c(F)c1[C@@H]1c2[nH]c3ccccc3c2C[C@@H](C)N1CC(F)F. The van der Waals surface area contributed by atoms with Crippen molar-refractivity contribution in [3.63, 3.8) is 0 Å². The second-order valence-corrected chi connectivity index (χ2v) is 8.74. The maximum Gasteiger partial charge on any atom is 0.251 e. The number of methoxy groups -OCH3 is 1. The third kappa shape index (κ3) is 5.26. The lowest BCUT2D eigenvalue weighted by Gasteiger charge is -2.41. The van der Waals surface area contributed by atoms with Gasteiger partial charge in [-0.05, 0) is 50.1 Å². The number of aromatic amines is 1. The number of para-hydroxylation sites is 1. The van der Waals surface area contributed by atoms with Gasteiger partial charge in [-0.3, -0.25) is 9.29 Å². The average molecular weight is 494 g/mol. The Bertz CT molecular complexity index is 1140. The molecule has 1 aliphatic heterocycles. The molecule has 0 fully saturated rings. The van der Waals surface area contributed by atoms with Gasteiger partial charge in [0.1, 0.15) is 12.4 Å². The van der Waals surface area contributed by atoms with Crippen molar-refractivity contribution in [2.24, 2.45) is 0 Å². The minimum atomic E-state index is -2.59. The Morgan fingerprint density at radius 1 is 1.14 bits per heavy atom. The first-order valence-electron chi connectivity index (χ1n) is 11.9. The normalized spacial score (nSPS) is 18.3. The van der Waals surface area contributed by atoms with E-state index in [1.54, 1.807) is 11.0 Å². The van der Waals surface area contributed by atoms with Crippen LogP contribution in [0.2, 0.25) is 0 Å². The van der Waals surface area contributed by atoms with Crippen LogP contribution in [-0.2, 0) is 6.42 Å². The van der Waals surface area contributed by atoms with Gasteiger partial charge in [0, 0.05) is 29.2 Å². The van der Waals surface area contributed by atoms with Crippen LogP contribution in [-0.4, -0.2) is 62.4 Å². The van der Waals surface area contributed by atoms with Gasteiger partial charge in [0.2, 0.25) is 0 Å². The van der Waals surface area contributed by atoms with Crippen LogP contribution in [0.4, 0.5) is 17.6 Å². The third-order valence-electron chi connectivity index (χ3n) is 6.49. The summed E-state index contributed by atoms with van der Waals surface area (Å²) in [7, 11) is 1.43. The van der Waals surface area contributed by atoms with Crippen LogP contribution in [0.5, 0.6) is 11.5 Å². The van der Waals surface area contributed by atoms with Crippen LogP contribution in [0, 0.1) is 5.82 Å². The zero-order chi connectivity index (χ0) is 24.9. The zero-order valence-corrected chi connectivity index (χ0v) is 19.9. The summed E-state index contributed by atoms with van der Waals surface area (Å²) in [6.45, 7) is 2.07. The molecule has 9 heteroatoms. The van der Waals surface area contributed by atoms with E-state index in [2.05, 4.69) is 10.3 Å². The number of benzene rings is 2. The Labute approximate surface area is 202 Å². The van der Waals surface area contributed by atoms with Gasteiger partial charge >= 0.3 is 0 Å². The van der Waals surface area contributed by atoms with Crippen LogP contribution >= 0.6 is 0 Å². The summed E-state index contributed by atoms with van der Waals surface area (Å²) < 4.78 is 66.8. The number of nitrogens with one attached hydrogen (secondary N) is 2. The Balaban J connectivity index is 1.76. The molecule has 0 amide bonds. The van der Waals surface area contributed by atoms with Crippen LogP contribution < -0.4 is 14.8 Å². The largest absolute Gasteiger partial charge is 0.496 e. The third-order valence-corrected chi connectivity index (χ3v) is 6.49. The van der Waals surface area contributed by atoms with Crippen molar-refractivity contribution in [1.82, 2.24) is 15.2 Å². The molecule has 0 saturated heterocycles. The van der Waals surface area contributed by atoms with Gasteiger partial charge in [-0.15, -0.1) is 0 Å². The molecule has 2 N–H and O–H groups in total. The molecule has 0 aliphatic carbocycles. The number of nitrogens with zero attached hydrogens (tertiary/aromatic N) is 1. The summed E-state index contributed by atoms with van der Waals surface area (Å²) >= 11 is 0. The second-order valence-electron chi connectivity index (χ2n) is 8.74. The van der Waals surface area contributed by atoms with Crippen LogP contribution in [0.25, 0.3) is 10.9 Å². The quantitative estimate of drug-likeness (QED) is 0.283. The monoisotopic (exact) mass is 493 g/mol. The maximum absolute atomic E-state index is 16.0. The van der Waals surface area contributed by atoms with Crippen molar-refractivity contribution >= 4 is 10.9 Å². The molecular formula is C26H31F4N3O2. The van der Waals surface area contributed by atoms with Gasteiger partial charge in [-0.1, -0.05) is 18.2 Å². The van der Waals surface area contributed by atoms with Gasteiger partial charge in [0.25, 0.3) is 6.43 Å². The number of aromatic nitrogens is 1. The Morgan fingerprint density at radius 3 is 2.66 bits per heavy atom. The van der Waals surface area contributed by atoms with Crippen molar-refractivity contribution in [1.29, 1.82) is 0 Å². The minimum absolute atomic E-state index is 0.0148. The summed E-state index contributed by atoms with van der Waals surface area (Å²) in [5.74, 6) is -0.365. The second kappa shape index (κ2) is 11.3. The smallest absolute Gasteiger partial charge is 0.251 e. The van der Waals surface area contributed by atoms with Gasteiger partial charge in [0.15, 0.2) is 11.6 Å². The fourth-order valence-electron chi connectivity index (χ4n) is 4.91. The predicted octanol–water partition coefficient (Wildman–Crippen LogP) is 5.24. The fraction of sp³-hybridized carbons (Fsp3) is 0.462. The Kier molecular flexibility index (Phi) is 8.18. The van der Waals surface area contributed by atoms with Gasteiger partial charge in [0.05, 0.1) is 31.9 Å². The number of fused-ring (bicyclic) bond motifs is 3. The summed E-state index contributed by atoms with van der Waals surface area (Å²) in [5, 5.41) is 4.03.